The molecule has 15 heavy (non-hydrogen) atoms. The van der Waals surface area contributed by atoms with Crippen LogP contribution in [0.2, 0.25) is 0 Å². The molecule has 2 N–H and O–H groups in total. The van der Waals surface area contributed by atoms with Crippen LogP contribution in [-0.4, -0.2) is 17.8 Å². The number of aliphatic hydroxyl groups is 1. The number of hydrogen-bond donors (Lipinski definition) is 2. The Kier molecular flexibility index (Phi) is 3.39. The molecule has 0 amide bonds. The third-order valence-corrected chi connectivity index (χ3v) is 3.15. The second kappa shape index (κ2) is 4.77. The molecule has 2 heteroatoms. The lowest BCUT2D eigenvalue weighted by Crippen LogP contribution is -2.36. The third kappa shape index (κ3) is 2.80. The van der Waals surface area contributed by atoms with Gasteiger partial charge in [0, 0.05) is 12.1 Å². The maximum atomic E-state index is 9.27. The minimum absolute atomic E-state index is 0.252. The van der Waals surface area contributed by atoms with Crippen LogP contribution >= 0.6 is 0 Å². The van der Waals surface area contributed by atoms with Gasteiger partial charge in [0.25, 0.3) is 0 Å². The largest absolute Gasteiger partial charge is 0.395 e. The highest BCUT2D eigenvalue weighted by molar-refractivity contribution is 5.18. The van der Waals surface area contributed by atoms with Crippen LogP contribution in [0.4, 0.5) is 0 Å². The molecule has 0 radical (unpaired) electrons. The molecular formula is C13H19NO. The van der Waals surface area contributed by atoms with Gasteiger partial charge < -0.3 is 10.4 Å². The Morgan fingerprint density at radius 1 is 1.33 bits per heavy atom. The summed E-state index contributed by atoms with van der Waals surface area (Å²) >= 11 is 0. The number of rotatable bonds is 5. The lowest BCUT2D eigenvalue weighted by atomic mass is 10.1. The fraction of sp³-hybridized carbons (Fsp3) is 0.538. The van der Waals surface area contributed by atoms with Gasteiger partial charge in [0.05, 0.1) is 6.61 Å². The Hall–Kier alpha value is -0.860. The van der Waals surface area contributed by atoms with Gasteiger partial charge in [0.1, 0.15) is 0 Å². The zero-order valence-electron chi connectivity index (χ0n) is 9.19. The monoisotopic (exact) mass is 205 g/mol. The number of benzene rings is 1. The molecule has 0 spiro atoms. The van der Waals surface area contributed by atoms with Crippen molar-refractivity contribution < 1.29 is 5.11 Å². The van der Waals surface area contributed by atoms with E-state index in [2.05, 4.69) is 36.5 Å². The molecular weight excluding hydrogens is 186 g/mol. The predicted molar refractivity (Wildman–Crippen MR) is 61.6 cm³/mol. The predicted octanol–water partition coefficient (Wildman–Crippen LogP) is 2.11. The summed E-state index contributed by atoms with van der Waals surface area (Å²) in [7, 11) is 0. The Morgan fingerprint density at radius 2 is 2.00 bits per heavy atom. The molecule has 0 aromatic heterocycles. The summed E-state index contributed by atoms with van der Waals surface area (Å²) in [6.45, 7) is 2.40. The maximum Gasteiger partial charge on any atom is 0.0587 e. The molecule has 2 rings (SSSR count). The lowest BCUT2D eigenvalue weighted by Gasteiger charge is -2.21. The Bertz CT molecular complexity index is 295. The Labute approximate surface area is 91.3 Å². The molecule has 2 atom stereocenters. The van der Waals surface area contributed by atoms with Crippen molar-refractivity contribution in [2.75, 3.05) is 6.61 Å². The van der Waals surface area contributed by atoms with Crippen LogP contribution in [-0.2, 0) is 0 Å². The standard InChI is InChI=1S/C13H19NO/c1-10(11-5-3-2-4-6-11)14-13(9-15)12-7-8-12/h2-6,10,12-15H,7-9H2,1H3/t10-,13?/m0/s1. The van der Waals surface area contributed by atoms with Gasteiger partial charge in [-0.15, -0.1) is 0 Å². The topological polar surface area (TPSA) is 32.3 Å². The first-order valence-corrected chi connectivity index (χ1v) is 5.73. The third-order valence-electron chi connectivity index (χ3n) is 3.15. The maximum absolute atomic E-state index is 9.27. The SMILES string of the molecule is C[C@H](NC(CO)C1CC1)c1ccccc1. The highest BCUT2D eigenvalue weighted by atomic mass is 16.3. The van der Waals surface area contributed by atoms with Crippen LogP contribution in [0.3, 0.4) is 0 Å². The molecule has 1 aliphatic carbocycles. The smallest absolute Gasteiger partial charge is 0.0587 e. The molecule has 0 heterocycles. The summed E-state index contributed by atoms with van der Waals surface area (Å²) in [5, 5.41) is 12.8. The molecule has 2 nitrogen and oxygen atoms in total. The van der Waals surface area contributed by atoms with Crippen molar-refractivity contribution in [3.8, 4) is 0 Å². The molecule has 82 valence electrons. The fourth-order valence-electron chi connectivity index (χ4n) is 2.00. The van der Waals surface area contributed by atoms with Gasteiger partial charge >= 0.3 is 0 Å². The first kappa shape index (κ1) is 10.7. The van der Waals surface area contributed by atoms with E-state index in [0.29, 0.717) is 12.0 Å². The fourth-order valence-corrected chi connectivity index (χ4v) is 2.00. The first-order chi connectivity index (χ1) is 7.31. The zero-order chi connectivity index (χ0) is 10.7. The van der Waals surface area contributed by atoms with Crippen molar-refractivity contribution in [3.05, 3.63) is 35.9 Å². The molecule has 0 aliphatic heterocycles. The van der Waals surface area contributed by atoms with E-state index < -0.39 is 0 Å². The van der Waals surface area contributed by atoms with Crippen molar-refractivity contribution in [3.63, 3.8) is 0 Å². The van der Waals surface area contributed by atoms with E-state index in [9.17, 15) is 5.11 Å². The minimum Gasteiger partial charge on any atom is -0.395 e. The van der Waals surface area contributed by atoms with Gasteiger partial charge in [0.2, 0.25) is 0 Å². The van der Waals surface area contributed by atoms with E-state index in [-0.39, 0.29) is 12.6 Å². The molecule has 1 saturated carbocycles. The number of nitrogens with one attached hydrogen (secondary N) is 1. The summed E-state index contributed by atoms with van der Waals surface area (Å²) < 4.78 is 0. The van der Waals surface area contributed by atoms with E-state index in [1.807, 2.05) is 6.07 Å². The first-order valence-electron chi connectivity index (χ1n) is 5.73. The van der Waals surface area contributed by atoms with Gasteiger partial charge in [0.15, 0.2) is 0 Å². The Balaban J connectivity index is 1.93. The second-order valence-corrected chi connectivity index (χ2v) is 4.43. The lowest BCUT2D eigenvalue weighted by molar-refractivity contribution is 0.219. The van der Waals surface area contributed by atoms with E-state index in [0.717, 1.165) is 0 Å². The van der Waals surface area contributed by atoms with Gasteiger partial charge in [-0.3, -0.25) is 0 Å². The highest BCUT2D eigenvalue weighted by Crippen LogP contribution is 2.33. The summed E-state index contributed by atoms with van der Waals surface area (Å²) in [4.78, 5) is 0. The van der Waals surface area contributed by atoms with Crippen molar-refractivity contribution in [2.24, 2.45) is 5.92 Å². The number of aliphatic hydroxyl groups excluding tert-OH is 1. The number of hydrogen-bond acceptors (Lipinski definition) is 2. The van der Waals surface area contributed by atoms with Crippen LogP contribution in [0, 0.1) is 5.92 Å². The van der Waals surface area contributed by atoms with Crippen LogP contribution in [0.1, 0.15) is 31.4 Å². The summed E-state index contributed by atoms with van der Waals surface area (Å²) in [5.74, 6) is 0.696. The average Bonchev–Trinajstić information content (AvgIpc) is 3.10. The van der Waals surface area contributed by atoms with Crippen molar-refractivity contribution in [1.82, 2.24) is 5.32 Å². The van der Waals surface area contributed by atoms with Gasteiger partial charge in [-0.2, -0.15) is 0 Å². The molecule has 1 fully saturated rings. The van der Waals surface area contributed by atoms with E-state index in [1.54, 1.807) is 0 Å². The molecule has 1 aromatic carbocycles. The van der Waals surface area contributed by atoms with E-state index >= 15 is 0 Å². The molecule has 1 unspecified atom stereocenters. The van der Waals surface area contributed by atoms with Crippen LogP contribution in [0.25, 0.3) is 0 Å². The second-order valence-electron chi connectivity index (χ2n) is 4.43. The Morgan fingerprint density at radius 3 is 2.53 bits per heavy atom. The van der Waals surface area contributed by atoms with Gasteiger partial charge in [-0.05, 0) is 31.2 Å². The van der Waals surface area contributed by atoms with Crippen LogP contribution in [0.15, 0.2) is 30.3 Å². The molecule has 0 bridgehead atoms. The summed E-state index contributed by atoms with van der Waals surface area (Å²) in [6.07, 6.45) is 2.53. The quantitative estimate of drug-likeness (QED) is 0.771. The van der Waals surface area contributed by atoms with Crippen molar-refractivity contribution >= 4 is 0 Å². The van der Waals surface area contributed by atoms with E-state index in [4.69, 9.17) is 0 Å². The van der Waals surface area contributed by atoms with Crippen molar-refractivity contribution in [1.29, 1.82) is 0 Å². The van der Waals surface area contributed by atoms with Crippen LogP contribution in [0.5, 0.6) is 0 Å². The molecule has 1 aliphatic rings. The minimum atomic E-state index is 0.252. The molecule has 1 aromatic rings. The van der Waals surface area contributed by atoms with Gasteiger partial charge in [-0.1, -0.05) is 30.3 Å². The summed E-state index contributed by atoms with van der Waals surface area (Å²) in [6, 6.07) is 11.0. The zero-order valence-corrected chi connectivity index (χ0v) is 9.19. The van der Waals surface area contributed by atoms with Crippen LogP contribution < -0.4 is 5.32 Å². The van der Waals surface area contributed by atoms with Crippen molar-refractivity contribution in [2.45, 2.75) is 31.8 Å². The van der Waals surface area contributed by atoms with E-state index in [1.165, 1.54) is 18.4 Å². The van der Waals surface area contributed by atoms with Gasteiger partial charge in [-0.25, -0.2) is 0 Å². The normalized spacial score (nSPS) is 19.9. The highest BCUT2D eigenvalue weighted by Gasteiger charge is 2.31. The molecule has 0 saturated heterocycles. The summed E-state index contributed by atoms with van der Waals surface area (Å²) in [5.41, 5.74) is 1.29. The average molecular weight is 205 g/mol.